The second-order valence-electron chi connectivity index (χ2n) is 17.3. The number of aromatic carboxylic acids is 2. The average Bonchev–Trinajstić information content (AvgIpc) is 3.20. The van der Waals surface area contributed by atoms with Gasteiger partial charge >= 0.3 is 0 Å². The van der Waals surface area contributed by atoms with Crippen molar-refractivity contribution in [3.63, 3.8) is 0 Å². The van der Waals surface area contributed by atoms with E-state index in [1.54, 1.807) is 55.5 Å². The molecule has 0 unspecified atom stereocenters. The van der Waals surface area contributed by atoms with Crippen molar-refractivity contribution in [2.24, 2.45) is 0 Å². The van der Waals surface area contributed by atoms with Crippen molar-refractivity contribution in [1.29, 1.82) is 0 Å². The van der Waals surface area contributed by atoms with Crippen LogP contribution in [0.1, 0.15) is 199 Å². The van der Waals surface area contributed by atoms with Crippen LogP contribution in [0.2, 0.25) is 0 Å². The monoisotopic (exact) mass is 895 g/mol. The van der Waals surface area contributed by atoms with E-state index >= 15 is 0 Å². The minimum absolute atomic E-state index is 0.518. The second kappa shape index (κ2) is 37.0. The predicted octanol–water partition coefficient (Wildman–Crippen LogP) is 12.4. The molecule has 0 radical (unpaired) electrons. The van der Waals surface area contributed by atoms with Crippen LogP contribution in [0.15, 0.2) is 23.1 Å². The molecule has 0 atom stereocenters. The molecule has 1 aromatic rings. The highest BCUT2D eigenvalue weighted by Crippen LogP contribution is 2.58. The van der Waals surface area contributed by atoms with Crippen LogP contribution in [0.25, 0.3) is 0 Å². The predicted molar refractivity (Wildman–Crippen MR) is 260 cm³/mol. The molecule has 0 saturated heterocycles. The number of benzene rings is 1. The van der Waals surface area contributed by atoms with Gasteiger partial charge in [0, 0.05) is 41.8 Å². The van der Waals surface area contributed by atoms with Crippen LogP contribution in [0, 0.1) is 0 Å². The van der Waals surface area contributed by atoms with Gasteiger partial charge in [0.2, 0.25) is 0 Å². The molecule has 0 aromatic heterocycles. The maximum absolute atomic E-state index is 10.6. The average molecular weight is 895 g/mol. The third-order valence-electron chi connectivity index (χ3n) is 11.1. The first-order chi connectivity index (χ1) is 27.3. The summed E-state index contributed by atoms with van der Waals surface area (Å²) in [6, 6.07) is 1.67. The van der Waals surface area contributed by atoms with Crippen LogP contribution in [0.5, 0.6) is 0 Å². The van der Waals surface area contributed by atoms with E-state index in [1.807, 2.05) is 0 Å². The number of hydrogen-bond acceptors (Lipinski definition) is 7. The molecule has 0 aliphatic rings. The van der Waals surface area contributed by atoms with Gasteiger partial charge < -0.3 is 24.4 Å². The lowest BCUT2D eigenvalue weighted by Gasteiger charge is -2.22. The number of carboxylic acids is 2. The zero-order chi connectivity index (χ0) is 45.1. The van der Waals surface area contributed by atoms with E-state index in [4.69, 9.17) is 0 Å². The summed E-state index contributed by atoms with van der Waals surface area (Å²) in [7, 11) is -6.50. The van der Waals surface area contributed by atoms with Gasteiger partial charge in [-0.3, -0.25) is 0 Å². The Morgan fingerprint density at radius 2 is 0.586 bits per heavy atom. The van der Waals surface area contributed by atoms with E-state index in [-0.39, 0.29) is 0 Å². The molecule has 0 N–H and O–H groups in total. The second-order valence-corrected chi connectivity index (χ2v) is 32.4. The lowest BCUT2D eigenvalue weighted by atomic mass is 10.1. The maximum Gasteiger partial charge on any atom is 0.124 e. The molecule has 0 aliphatic carbocycles. The molecular formula is C47H93O7P3S. The third-order valence-corrected chi connectivity index (χ3v) is 24.5. The van der Waals surface area contributed by atoms with Crippen LogP contribution in [-0.4, -0.2) is 100 Å². The number of unbranched alkanes of at least 4 members (excludes halogenated alkanes) is 9. The van der Waals surface area contributed by atoms with Crippen LogP contribution in [-0.2, 0) is 10.1 Å². The molecule has 344 valence electrons. The Hall–Kier alpha value is -0.640. The van der Waals surface area contributed by atoms with Crippen molar-refractivity contribution in [3.05, 3.63) is 29.3 Å². The SMILES string of the molecule is CCCC[P+](C)(CCCC)CCCC.CCCC[P+](C)(CCCC)CCCC.CCCC[P+](C)(CCCC)CCCC.O=C([O-])c1cc(C(=O)[O-])cc(S(=O)(=O)[O-])c1. The number of rotatable bonds is 30. The fourth-order valence-corrected chi connectivity index (χ4v) is 19.1. The van der Waals surface area contributed by atoms with Crippen molar-refractivity contribution in [3.8, 4) is 0 Å². The Labute approximate surface area is 362 Å². The number of hydrogen-bond donors (Lipinski definition) is 0. The summed E-state index contributed by atoms with van der Waals surface area (Å²) >= 11 is 0. The fourth-order valence-electron chi connectivity index (χ4n) is 6.84. The molecule has 0 amide bonds. The van der Waals surface area contributed by atoms with E-state index in [2.05, 4.69) is 82.3 Å². The van der Waals surface area contributed by atoms with Gasteiger partial charge in [0.25, 0.3) is 0 Å². The zero-order valence-corrected chi connectivity index (χ0v) is 43.4. The van der Waals surface area contributed by atoms with E-state index in [0.29, 0.717) is 18.2 Å². The summed E-state index contributed by atoms with van der Waals surface area (Å²) in [6.07, 6.45) is 39.7. The van der Waals surface area contributed by atoms with Gasteiger partial charge in [0.05, 0.1) is 72.3 Å². The van der Waals surface area contributed by atoms with Gasteiger partial charge in [-0.15, -0.1) is 0 Å². The fraction of sp³-hybridized carbons (Fsp3) is 0.830. The molecule has 0 spiro atoms. The largest absolute Gasteiger partial charge is 0.744 e. The number of carbonyl (C=O) groups is 2. The Kier molecular flexibility index (Phi) is 39.3. The standard InChI is InChI=1S/3C13H30P.C8H6O7S/c3*1-5-8-11-14(4,12-9-6-2)13-10-7-3;9-7(10)4-1-5(8(11)12)3-6(2-4)16(13,14)15/h3*5-13H2,1-4H3;1-3H,(H,9,10)(H,11,12)(H,13,14,15)/q3*+1;/p-3. The molecule has 0 bridgehead atoms. The third kappa shape index (κ3) is 33.0. The highest BCUT2D eigenvalue weighted by atomic mass is 32.2. The highest BCUT2D eigenvalue weighted by Gasteiger charge is 2.30. The smallest absolute Gasteiger partial charge is 0.124 e. The van der Waals surface area contributed by atoms with E-state index in [0.717, 1.165) is 0 Å². The number of carbonyl (C=O) groups excluding carboxylic acids is 2. The molecule has 0 saturated carbocycles. The van der Waals surface area contributed by atoms with Crippen molar-refractivity contribution >= 4 is 43.8 Å². The van der Waals surface area contributed by atoms with Crippen molar-refractivity contribution in [1.82, 2.24) is 0 Å². The zero-order valence-electron chi connectivity index (χ0n) is 39.9. The van der Waals surface area contributed by atoms with E-state index in [1.165, 1.54) is 116 Å². The minimum atomic E-state index is -4.95. The molecule has 0 aliphatic heterocycles. The summed E-state index contributed by atoms with van der Waals surface area (Å²) in [6.45, 7) is 28.8. The Balaban J connectivity index is -0.000000697. The van der Waals surface area contributed by atoms with Crippen molar-refractivity contribution in [2.75, 3.05) is 75.5 Å². The molecular weight excluding hydrogens is 801 g/mol. The minimum Gasteiger partial charge on any atom is -0.744 e. The molecule has 0 heterocycles. The summed E-state index contributed by atoms with van der Waals surface area (Å²) < 4.78 is 31.8. The molecule has 7 nitrogen and oxygen atoms in total. The normalized spacial score (nSPS) is 11.7. The molecule has 1 rings (SSSR count). The van der Waals surface area contributed by atoms with Gasteiger partial charge in [-0.2, -0.15) is 0 Å². The first-order valence-corrected chi connectivity index (χ1v) is 33.1. The molecule has 11 heteroatoms. The lowest BCUT2D eigenvalue weighted by Crippen LogP contribution is -2.26. The highest BCUT2D eigenvalue weighted by molar-refractivity contribution is 7.85. The van der Waals surface area contributed by atoms with Gasteiger partial charge in [-0.25, -0.2) is 8.42 Å². The molecule has 0 fully saturated rings. The topological polar surface area (TPSA) is 137 Å². The lowest BCUT2D eigenvalue weighted by molar-refractivity contribution is -0.255. The molecule has 58 heavy (non-hydrogen) atoms. The van der Waals surface area contributed by atoms with Crippen LogP contribution in [0.3, 0.4) is 0 Å². The summed E-state index contributed by atoms with van der Waals surface area (Å²) in [5.41, 5.74) is -1.45. The van der Waals surface area contributed by atoms with Gasteiger partial charge in [0.15, 0.2) is 0 Å². The Morgan fingerprint density at radius 3 is 0.707 bits per heavy atom. The van der Waals surface area contributed by atoms with Gasteiger partial charge in [0.1, 0.15) is 10.1 Å². The van der Waals surface area contributed by atoms with Crippen LogP contribution < -0.4 is 10.2 Å². The summed E-state index contributed by atoms with van der Waals surface area (Å²) in [4.78, 5) is 19.9. The maximum atomic E-state index is 10.6. The first kappa shape index (κ1) is 61.7. The van der Waals surface area contributed by atoms with Gasteiger partial charge in [-0.1, -0.05) is 120 Å². The first-order valence-electron chi connectivity index (χ1n) is 23.3. The molecule has 1 aromatic carbocycles. The van der Waals surface area contributed by atoms with Crippen LogP contribution in [0.4, 0.5) is 0 Å². The van der Waals surface area contributed by atoms with Crippen LogP contribution >= 0.6 is 21.8 Å². The number of carboxylic acid groups (broad SMARTS) is 2. The van der Waals surface area contributed by atoms with Crippen molar-refractivity contribution in [2.45, 2.75) is 183 Å². The summed E-state index contributed by atoms with van der Waals surface area (Å²) in [5, 5.41) is 20.9. The van der Waals surface area contributed by atoms with Gasteiger partial charge in [-0.05, 0) is 87.1 Å². The van der Waals surface area contributed by atoms with E-state index < -0.39 is 59.9 Å². The van der Waals surface area contributed by atoms with Crippen molar-refractivity contribution < 1.29 is 32.8 Å². The Morgan fingerprint density at radius 1 is 0.414 bits per heavy atom. The summed E-state index contributed by atoms with van der Waals surface area (Å²) in [5.74, 6) is -3.60. The Bertz CT molecular complexity index is 1100. The quantitative estimate of drug-likeness (QED) is 0.0554. The van der Waals surface area contributed by atoms with E-state index in [9.17, 15) is 32.8 Å².